The molecule has 0 amide bonds. The minimum Gasteiger partial charge on any atom is -0.451 e. The normalized spacial score (nSPS) is 15.6. The first-order valence-electron chi connectivity index (χ1n) is 5.51. The van der Waals surface area contributed by atoms with Crippen molar-refractivity contribution in [2.24, 2.45) is 0 Å². The minimum absolute atomic E-state index is 0.720. The Hall–Kier alpha value is -1.62. The highest BCUT2D eigenvalue weighted by Crippen LogP contribution is 2.35. The molecule has 0 radical (unpaired) electrons. The van der Waals surface area contributed by atoms with E-state index in [-0.39, 0.29) is 0 Å². The first-order valence-corrected chi connectivity index (χ1v) is 6.59. The number of furan rings is 1. The first kappa shape index (κ1) is 11.5. The summed E-state index contributed by atoms with van der Waals surface area (Å²) in [6.07, 6.45) is 4.75. The number of fused-ring (bicyclic) bond motifs is 1. The summed E-state index contributed by atoms with van der Waals surface area (Å²) < 4.78 is 6.37. The van der Waals surface area contributed by atoms with Crippen LogP contribution in [0.2, 0.25) is 0 Å². The van der Waals surface area contributed by atoms with E-state index in [1.54, 1.807) is 0 Å². The van der Waals surface area contributed by atoms with Gasteiger partial charge in [0.2, 0.25) is 0 Å². The van der Waals surface area contributed by atoms with Crippen LogP contribution in [0.4, 0.5) is 0 Å². The fourth-order valence-electron chi connectivity index (χ4n) is 2.09. The van der Waals surface area contributed by atoms with Crippen LogP contribution in [-0.2, 0) is 4.79 Å². The molecule has 3 rings (SSSR count). The van der Waals surface area contributed by atoms with Gasteiger partial charge in [0, 0.05) is 5.57 Å². The summed E-state index contributed by atoms with van der Waals surface area (Å²) in [7, 11) is 0. The van der Waals surface area contributed by atoms with Crippen LogP contribution in [-0.4, -0.2) is 6.29 Å². The fourth-order valence-corrected chi connectivity index (χ4v) is 2.52. The van der Waals surface area contributed by atoms with Crippen LogP contribution in [0.5, 0.6) is 0 Å². The molecule has 1 aliphatic carbocycles. The highest BCUT2D eigenvalue weighted by atomic mass is 127. The molecule has 1 aromatic heterocycles. The topological polar surface area (TPSA) is 30.2 Å². The number of rotatable bonds is 2. The largest absolute Gasteiger partial charge is 0.451 e. The minimum atomic E-state index is 0.720. The van der Waals surface area contributed by atoms with Gasteiger partial charge in [0.15, 0.2) is 10.1 Å². The number of carbonyl (C=O) groups is 1. The Morgan fingerprint density at radius 2 is 1.83 bits per heavy atom. The van der Waals surface area contributed by atoms with E-state index in [1.807, 2.05) is 48.6 Å². The summed E-state index contributed by atoms with van der Waals surface area (Å²) in [6.45, 7) is 0. The van der Waals surface area contributed by atoms with Crippen LogP contribution in [0, 0.1) is 3.77 Å². The van der Waals surface area contributed by atoms with E-state index in [9.17, 15) is 4.79 Å². The summed E-state index contributed by atoms with van der Waals surface area (Å²) >= 11 is 2.13. The molecule has 88 valence electrons. The SMILES string of the molecule is O=CC1=C/C(=C\c2ccc(I)o2)c2ccccc21. The summed E-state index contributed by atoms with van der Waals surface area (Å²) in [6, 6.07) is 11.7. The highest BCUT2D eigenvalue weighted by Gasteiger charge is 2.17. The molecule has 0 bridgehead atoms. The molecule has 0 fully saturated rings. The number of hydrogen-bond donors (Lipinski definition) is 0. The second-order valence-corrected chi connectivity index (χ2v) is 5.07. The Morgan fingerprint density at radius 3 is 2.50 bits per heavy atom. The van der Waals surface area contributed by atoms with Gasteiger partial charge < -0.3 is 4.42 Å². The van der Waals surface area contributed by atoms with Gasteiger partial charge in [-0.1, -0.05) is 24.3 Å². The lowest BCUT2D eigenvalue weighted by molar-refractivity contribution is -0.103. The van der Waals surface area contributed by atoms with E-state index in [0.717, 1.165) is 38.1 Å². The van der Waals surface area contributed by atoms with Gasteiger partial charge >= 0.3 is 0 Å². The van der Waals surface area contributed by atoms with E-state index in [0.29, 0.717) is 0 Å². The molecule has 2 nitrogen and oxygen atoms in total. The van der Waals surface area contributed by atoms with E-state index in [2.05, 4.69) is 22.6 Å². The Bertz CT molecular complexity index is 677. The van der Waals surface area contributed by atoms with Gasteiger partial charge in [-0.25, -0.2) is 0 Å². The molecule has 18 heavy (non-hydrogen) atoms. The van der Waals surface area contributed by atoms with E-state index in [1.165, 1.54) is 0 Å². The zero-order chi connectivity index (χ0) is 12.5. The molecule has 0 atom stereocenters. The fraction of sp³-hybridized carbons (Fsp3) is 0. The number of halogens is 1. The molecule has 0 unspecified atom stereocenters. The molecular formula is C15H9IO2. The van der Waals surface area contributed by atoms with Crippen molar-refractivity contribution in [1.29, 1.82) is 0 Å². The van der Waals surface area contributed by atoms with Crippen molar-refractivity contribution in [2.45, 2.75) is 0 Å². The standard InChI is InChI=1S/C15H9IO2/c16-15-6-5-12(18-15)8-10-7-11(9-17)14-4-2-1-3-13(10)14/h1-9H/b10-8+. The van der Waals surface area contributed by atoms with Crippen molar-refractivity contribution in [3.63, 3.8) is 0 Å². The average molecular weight is 348 g/mol. The highest BCUT2D eigenvalue weighted by molar-refractivity contribution is 14.1. The molecule has 2 aromatic rings. The Labute approximate surface area is 118 Å². The smallest absolute Gasteiger partial charge is 0.164 e. The van der Waals surface area contributed by atoms with Crippen LogP contribution >= 0.6 is 22.6 Å². The van der Waals surface area contributed by atoms with E-state index < -0.39 is 0 Å². The van der Waals surface area contributed by atoms with Crippen molar-refractivity contribution in [2.75, 3.05) is 0 Å². The van der Waals surface area contributed by atoms with Crippen molar-refractivity contribution < 1.29 is 9.21 Å². The molecule has 0 N–H and O–H groups in total. The van der Waals surface area contributed by atoms with Crippen LogP contribution in [0.1, 0.15) is 16.9 Å². The van der Waals surface area contributed by atoms with E-state index in [4.69, 9.17) is 4.42 Å². The quantitative estimate of drug-likeness (QED) is 0.606. The molecule has 1 heterocycles. The second-order valence-electron chi connectivity index (χ2n) is 4.00. The van der Waals surface area contributed by atoms with Crippen LogP contribution in [0.15, 0.2) is 46.9 Å². The van der Waals surface area contributed by atoms with Crippen molar-refractivity contribution in [1.82, 2.24) is 0 Å². The maximum absolute atomic E-state index is 11.1. The van der Waals surface area contributed by atoms with Crippen LogP contribution in [0.25, 0.3) is 17.2 Å². The van der Waals surface area contributed by atoms with Gasteiger partial charge in [0.25, 0.3) is 0 Å². The summed E-state index contributed by atoms with van der Waals surface area (Å²) in [5.41, 5.74) is 3.79. The molecule has 0 spiro atoms. The monoisotopic (exact) mass is 348 g/mol. The number of hydrogen-bond acceptors (Lipinski definition) is 2. The zero-order valence-electron chi connectivity index (χ0n) is 9.39. The number of carbonyl (C=O) groups excluding carboxylic acids is 1. The predicted molar refractivity (Wildman–Crippen MR) is 79.8 cm³/mol. The predicted octanol–water partition coefficient (Wildman–Crippen LogP) is 4.02. The third-order valence-electron chi connectivity index (χ3n) is 2.88. The molecule has 0 saturated carbocycles. The van der Waals surface area contributed by atoms with Crippen molar-refractivity contribution in [3.8, 4) is 0 Å². The molecule has 3 heteroatoms. The molecule has 1 aliphatic rings. The van der Waals surface area contributed by atoms with Gasteiger partial charge in [-0.3, -0.25) is 4.79 Å². The number of benzene rings is 1. The Morgan fingerprint density at radius 1 is 1.06 bits per heavy atom. The van der Waals surface area contributed by atoms with Gasteiger partial charge in [-0.05, 0) is 63.6 Å². The van der Waals surface area contributed by atoms with Gasteiger partial charge in [0.1, 0.15) is 5.76 Å². The Kier molecular flexibility index (Phi) is 2.91. The van der Waals surface area contributed by atoms with Gasteiger partial charge in [-0.15, -0.1) is 0 Å². The molecule has 1 aromatic carbocycles. The molecular weight excluding hydrogens is 339 g/mol. The van der Waals surface area contributed by atoms with Gasteiger partial charge in [0.05, 0.1) is 0 Å². The third-order valence-corrected chi connectivity index (χ3v) is 3.46. The third kappa shape index (κ3) is 1.95. The van der Waals surface area contributed by atoms with Crippen LogP contribution < -0.4 is 0 Å². The maximum Gasteiger partial charge on any atom is 0.164 e. The summed E-state index contributed by atoms with van der Waals surface area (Å²) in [5, 5.41) is 0. The molecule has 0 aliphatic heterocycles. The lowest BCUT2D eigenvalue weighted by Gasteiger charge is -2.00. The lowest BCUT2D eigenvalue weighted by Crippen LogP contribution is -1.83. The average Bonchev–Trinajstić information content (AvgIpc) is 2.95. The summed E-state index contributed by atoms with van der Waals surface area (Å²) in [5.74, 6) is 0.799. The number of aldehydes is 1. The maximum atomic E-state index is 11.1. The second kappa shape index (κ2) is 4.57. The summed E-state index contributed by atoms with van der Waals surface area (Å²) in [4.78, 5) is 11.1. The van der Waals surface area contributed by atoms with Crippen molar-refractivity contribution >= 4 is 46.1 Å². The Balaban J connectivity index is 2.12. The van der Waals surface area contributed by atoms with Crippen LogP contribution in [0.3, 0.4) is 0 Å². The van der Waals surface area contributed by atoms with Crippen molar-refractivity contribution in [3.05, 3.63) is 63.1 Å². The zero-order valence-corrected chi connectivity index (χ0v) is 11.5. The lowest BCUT2D eigenvalue weighted by atomic mass is 10.0. The van der Waals surface area contributed by atoms with Gasteiger partial charge in [-0.2, -0.15) is 0 Å². The molecule has 0 saturated heterocycles. The number of allylic oxidation sites excluding steroid dienone is 3. The first-order chi connectivity index (χ1) is 8.78. The van der Waals surface area contributed by atoms with E-state index >= 15 is 0 Å².